The quantitative estimate of drug-likeness (QED) is 0.828. The van der Waals surface area contributed by atoms with Crippen LogP contribution in [-0.4, -0.2) is 4.98 Å². The molecule has 2 heterocycles. The van der Waals surface area contributed by atoms with Crippen molar-refractivity contribution >= 4 is 44.6 Å². The maximum Gasteiger partial charge on any atom is 0.106 e. The van der Waals surface area contributed by atoms with E-state index in [1.807, 2.05) is 24.3 Å². The summed E-state index contributed by atoms with van der Waals surface area (Å²) in [5, 5.41) is 3.37. The van der Waals surface area contributed by atoms with Crippen LogP contribution in [0.4, 0.5) is 5.69 Å². The molecule has 1 unspecified atom stereocenters. The van der Waals surface area contributed by atoms with Crippen molar-refractivity contribution in [3.63, 3.8) is 0 Å². The minimum Gasteiger partial charge on any atom is -0.376 e. The second kappa shape index (κ2) is 5.17. The fourth-order valence-electron chi connectivity index (χ4n) is 1.34. The van der Waals surface area contributed by atoms with E-state index < -0.39 is 0 Å². The predicted molar refractivity (Wildman–Crippen MR) is 73.3 cm³/mol. The SMILES string of the molecule is CC(Nc1ccc(Br)nc1)c1ccc(Cl)s1. The van der Waals surface area contributed by atoms with Crippen LogP contribution in [-0.2, 0) is 0 Å². The number of pyridine rings is 1. The van der Waals surface area contributed by atoms with Gasteiger partial charge in [0.2, 0.25) is 0 Å². The van der Waals surface area contributed by atoms with E-state index in [-0.39, 0.29) is 6.04 Å². The third kappa shape index (κ3) is 2.97. The molecular formula is C11H10BrClN2S. The molecule has 0 aliphatic carbocycles. The molecule has 2 nitrogen and oxygen atoms in total. The Morgan fingerprint density at radius 1 is 1.38 bits per heavy atom. The summed E-state index contributed by atoms with van der Waals surface area (Å²) in [6.07, 6.45) is 1.80. The summed E-state index contributed by atoms with van der Waals surface area (Å²) in [4.78, 5) is 5.38. The van der Waals surface area contributed by atoms with Crippen molar-refractivity contribution in [2.45, 2.75) is 13.0 Å². The predicted octanol–water partition coefficient (Wildman–Crippen LogP) is 4.73. The van der Waals surface area contributed by atoms with Gasteiger partial charge in [0.05, 0.1) is 22.3 Å². The number of halogens is 2. The van der Waals surface area contributed by atoms with Gasteiger partial charge in [-0.2, -0.15) is 0 Å². The summed E-state index contributed by atoms with van der Waals surface area (Å²) in [5.74, 6) is 0. The highest BCUT2D eigenvalue weighted by Gasteiger charge is 2.07. The third-order valence-corrected chi connectivity index (χ3v) is 4.01. The van der Waals surface area contributed by atoms with E-state index in [9.17, 15) is 0 Å². The molecule has 0 bridgehead atoms. The minimum absolute atomic E-state index is 0.237. The molecule has 0 saturated carbocycles. The third-order valence-electron chi connectivity index (χ3n) is 2.13. The summed E-state index contributed by atoms with van der Waals surface area (Å²) < 4.78 is 1.66. The number of thiophene rings is 1. The normalized spacial score (nSPS) is 12.4. The number of nitrogens with one attached hydrogen (secondary N) is 1. The largest absolute Gasteiger partial charge is 0.376 e. The van der Waals surface area contributed by atoms with Gasteiger partial charge in [-0.25, -0.2) is 4.98 Å². The van der Waals surface area contributed by atoms with Crippen molar-refractivity contribution in [2.75, 3.05) is 5.32 Å². The van der Waals surface area contributed by atoms with Crippen LogP contribution in [0.3, 0.4) is 0 Å². The minimum atomic E-state index is 0.237. The van der Waals surface area contributed by atoms with Gasteiger partial charge in [-0.05, 0) is 47.1 Å². The number of anilines is 1. The van der Waals surface area contributed by atoms with Gasteiger partial charge in [-0.15, -0.1) is 11.3 Å². The molecule has 0 aliphatic rings. The molecule has 16 heavy (non-hydrogen) atoms. The number of hydrogen-bond donors (Lipinski definition) is 1. The van der Waals surface area contributed by atoms with Crippen LogP contribution in [0.1, 0.15) is 17.8 Å². The van der Waals surface area contributed by atoms with Gasteiger partial charge >= 0.3 is 0 Å². The van der Waals surface area contributed by atoms with Gasteiger partial charge in [-0.3, -0.25) is 0 Å². The molecule has 2 aromatic rings. The van der Waals surface area contributed by atoms with Crippen molar-refractivity contribution in [1.82, 2.24) is 4.98 Å². The van der Waals surface area contributed by atoms with Crippen LogP contribution in [0.25, 0.3) is 0 Å². The molecule has 0 aliphatic heterocycles. The molecule has 84 valence electrons. The van der Waals surface area contributed by atoms with E-state index in [1.165, 1.54) is 4.88 Å². The topological polar surface area (TPSA) is 24.9 Å². The van der Waals surface area contributed by atoms with Crippen molar-refractivity contribution in [1.29, 1.82) is 0 Å². The molecule has 1 atom stereocenters. The summed E-state index contributed by atoms with van der Waals surface area (Å²) >= 11 is 10.8. The molecule has 0 spiro atoms. The number of nitrogens with zero attached hydrogens (tertiary/aromatic N) is 1. The number of rotatable bonds is 3. The van der Waals surface area contributed by atoms with E-state index in [4.69, 9.17) is 11.6 Å². The first-order chi connectivity index (χ1) is 7.65. The lowest BCUT2D eigenvalue weighted by Gasteiger charge is -2.13. The van der Waals surface area contributed by atoms with E-state index in [2.05, 4.69) is 33.2 Å². The Bertz CT molecular complexity index is 469. The second-order valence-electron chi connectivity index (χ2n) is 3.38. The van der Waals surface area contributed by atoms with Gasteiger partial charge in [0.15, 0.2) is 0 Å². The average Bonchev–Trinajstić information content (AvgIpc) is 2.68. The Hall–Kier alpha value is -0.580. The van der Waals surface area contributed by atoms with Crippen LogP contribution >= 0.6 is 38.9 Å². The van der Waals surface area contributed by atoms with E-state index in [0.717, 1.165) is 14.6 Å². The molecule has 0 radical (unpaired) electrons. The Balaban J connectivity index is 2.07. The van der Waals surface area contributed by atoms with Crippen molar-refractivity contribution in [2.24, 2.45) is 0 Å². The number of hydrogen-bond acceptors (Lipinski definition) is 3. The molecule has 2 rings (SSSR count). The second-order valence-corrected chi connectivity index (χ2v) is 5.94. The van der Waals surface area contributed by atoms with E-state index in [1.54, 1.807) is 17.5 Å². The first-order valence-corrected chi connectivity index (χ1v) is 6.77. The Labute approximate surface area is 112 Å². The zero-order valence-electron chi connectivity index (χ0n) is 8.58. The smallest absolute Gasteiger partial charge is 0.106 e. The molecule has 0 aromatic carbocycles. The lowest BCUT2D eigenvalue weighted by Crippen LogP contribution is -2.04. The van der Waals surface area contributed by atoms with Crippen LogP contribution < -0.4 is 5.32 Å². The lowest BCUT2D eigenvalue weighted by molar-refractivity contribution is 0.905. The Kier molecular flexibility index (Phi) is 3.84. The van der Waals surface area contributed by atoms with Crippen molar-refractivity contribution in [3.8, 4) is 0 Å². The zero-order chi connectivity index (χ0) is 11.5. The molecular weight excluding hydrogens is 308 g/mol. The lowest BCUT2D eigenvalue weighted by atomic mass is 10.2. The van der Waals surface area contributed by atoms with Gasteiger partial charge < -0.3 is 5.32 Å². The van der Waals surface area contributed by atoms with Gasteiger partial charge in [0.25, 0.3) is 0 Å². The fourth-order valence-corrected chi connectivity index (χ4v) is 2.64. The molecule has 0 amide bonds. The molecule has 0 fully saturated rings. The maximum atomic E-state index is 5.90. The summed E-state index contributed by atoms with van der Waals surface area (Å²) in [5.41, 5.74) is 1.00. The summed E-state index contributed by atoms with van der Waals surface area (Å²) in [6.45, 7) is 2.10. The highest BCUT2D eigenvalue weighted by Crippen LogP contribution is 2.28. The average molecular weight is 318 g/mol. The van der Waals surface area contributed by atoms with Crippen LogP contribution in [0.5, 0.6) is 0 Å². The standard InChI is InChI=1S/C11H10BrClN2S/c1-7(9-3-5-11(13)16-9)15-8-2-4-10(12)14-6-8/h2-7,15H,1H3. The highest BCUT2D eigenvalue weighted by molar-refractivity contribution is 9.10. The first-order valence-electron chi connectivity index (χ1n) is 4.78. The first kappa shape index (κ1) is 11.9. The summed E-state index contributed by atoms with van der Waals surface area (Å²) in [7, 11) is 0. The van der Waals surface area contributed by atoms with Gasteiger partial charge in [0.1, 0.15) is 4.60 Å². The summed E-state index contributed by atoms with van der Waals surface area (Å²) in [6, 6.07) is 8.09. The molecule has 2 aromatic heterocycles. The van der Waals surface area contributed by atoms with Crippen molar-refractivity contribution in [3.05, 3.63) is 44.3 Å². The maximum absolute atomic E-state index is 5.90. The van der Waals surface area contributed by atoms with E-state index >= 15 is 0 Å². The van der Waals surface area contributed by atoms with Gasteiger partial charge in [-0.1, -0.05) is 11.6 Å². The van der Waals surface area contributed by atoms with Gasteiger partial charge in [0, 0.05) is 4.88 Å². The highest BCUT2D eigenvalue weighted by atomic mass is 79.9. The monoisotopic (exact) mass is 316 g/mol. The molecule has 0 saturated heterocycles. The Morgan fingerprint density at radius 3 is 2.75 bits per heavy atom. The molecule has 5 heteroatoms. The van der Waals surface area contributed by atoms with Crippen molar-refractivity contribution < 1.29 is 0 Å². The molecule has 1 N–H and O–H groups in total. The van der Waals surface area contributed by atoms with Crippen LogP contribution in [0.2, 0.25) is 4.34 Å². The van der Waals surface area contributed by atoms with Crippen LogP contribution in [0, 0.1) is 0 Å². The van der Waals surface area contributed by atoms with Crippen LogP contribution in [0.15, 0.2) is 35.1 Å². The van der Waals surface area contributed by atoms with E-state index in [0.29, 0.717) is 0 Å². The Morgan fingerprint density at radius 2 is 2.19 bits per heavy atom. The fraction of sp³-hybridized carbons (Fsp3) is 0.182. The number of aromatic nitrogens is 1. The zero-order valence-corrected chi connectivity index (χ0v) is 11.7.